The van der Waals surface area contributed by atoms with Crippen LogP contribution in [0.3, 0.4) is 0 Å². The summed E-state index contributed by atoms with van der Waals surface area (Å²) in [6.45, 7) is 8.49. The Kier molecular flexibility index (Phi) is 5.72. The van der Waals surface area contributed by atoms with Crippen molar-refractivity contribution in [1.29, 1.82) is 5.26 Å². The molecule has 3 atom stereocenters. The lowest BCUT2D eigenvalue weighted by Crippen LogP contribution is -2.46. The third kappa shape index (κ3) is 3.67. The molecule has 0 bridgehead atoms. The summed E-state index contributed by atoms with van der Waals surface area (Å²) in [5.74, 6) is 0.869. The molecular weight excluding hydrogens is 468 g/mol. The second kappa shape index (κ2) is 8.99. The van der Waals surface area contributed by atoms with Gasteiger partial charge >= 0.3 is 0 Å². The molecule has 6 rings (SSSR count). The standard InChI is InChI=1S/C33H30N4O/c1-19(2)21-9-11-22(12-10-21)29-26-13-14-27-20(3)30(38)23(18-34)17-33(27,4)31(26)37-32(36-29)25-15-16-35-28-8-6-5-7-24(25)28/h5-12,15-17,19-20,27H,13-14H2,1-4H3/t20-,27-,33-/m1/s1. The van der Waals surface area contributed by atoms with Crippen molar-refractivity contribution in [2.75, 3.05) is 0 Å². The molecule has 0 radical (unpaired) electrons. The summed E-state index contributed by atoms with van der Waals surface area (Å²) < 4.78 is 0. The maximum atomic E-state index is 12.9. The van der Waals surface area contributed by atoms with Gasteiger partial charge in [0.15, 0.2) is 11.6 Å². The number of carbonyl (C=O) groups is 1. The molecule has 2 aromatic heterocycles. The summed E-state index contributed by atoms with van der Waals surface area (Å²) in [7, 11) is 0. The molecule has 2 heterocycles. The van der Waals surface area contributed by atoms with E-state index in [2.05, 4.69) is 62.2 Å². The van der Waals surface area contributed by atoms with Gasteiger partial charge in [0.2, 0.25) is 0 Å². The Morgan fingerprint density at radius 1 is 1.05 bits per heavy atom. The van der Waals surface area contributed by atoms with E-state index < -0.39 is 5.41 Å². The van der Waals surface area contributed by atoms with Gasteiger partial charge in [-0.3, -0.25) is 9.78 Å². The van der Waals surface area contributed by atoms with Crippen LogP contribution in [0.15, 0.2) is 72.4 Å². The molecule has 0 aliphatic heterocycles. The van der Waals surface area contributed by atoms with Crippen LogP contribution in [-0.4, -0.2) is 20.7 Å². The number of carbonyl (C=O) groups excluding carboxylic acids is 1. The van der Waals surface area contributed by atoms with Crippen LogP contribution in [0, 0.1) is 23.2 Å². The average molecular weight is 499 g/mol. The maximum absolute atomic E-state index is 12.9. The average Bonchev–Trinajstić information content (AvgIpc) is 2.94. The summed E-state index contributed by atoms with van der Waals surface area (Å²) in [5.41, 5.74) is 6.81. The van der Waals surface area contributed by atoms with Crippen molar-refractivity contribution in [1.82, 2.24) is 15.0 Å². The smallest absolute Gasteiger partial charge is 0.176 e. The van der Waals surface area contributed by atoms with Gasteiger partial charge in [0.1, 0.15) is 6.07 Å². The molecule has 2 aliphatic carbocycles. The van der Waals surface area contributed by atoms with Gasteiger partial charge in [-0.2, -0.15) is 5.26 Å². The van der Waals surface area contributed by atoms with E-state index >= 15 is 0 Å². The first kappa shape index (κ1) is 24.2. The summed E-state index contributed by atoms with van der Waals surface area (Å²) in [6, 6.07) is 20.8. The highest BCUT2D eigenvalue weighted by Gasteiger charge is 2.49. The highest BCUT2D eigenvalue weighted by atomic mass is 16.1. The van der Waals surface area contributed by atoms with E-state index in [0.29, 0.717) is 11.7 Å². The van der Waals surface area contributed by atoms with Crippen molar-refractivity contribution in [3.8, 4) is 28.7 Å². The first-order chi connectivity index (χ1) is 18.3. The number of benzene rings is 2. The van der Waals surface area contributed by atoms with Gasteiger partial charge in [-0.25, -0.2) is 9.97 Å². The Hall–Kier alpha value is -4.17. The number of pyridine rings is 1. The Morgan fingerprint density at radius 3 is 2.55 bits per heavy atom. The monoisotopic (exact) mass is 498 g/mol. The van der Waals surface area contributed by atoms with Gasteiger partial charge in [0.05, 0.1) is 22.5 Å². The lowest BCUT2D eigenvalue weighted by atomic mass is 9.57. The highest BCUT2D eigenvalue weighted by molar-refractivity contribution is 6.02. The molecule has 0 saturated carbocycles. The number of allylic oxidation sites excluding steroid dienone is 2. The fraction of sp³-hybridized carbons (Fsp3) is 0.303. The number of hydrogen-bond donors (Lipinski definition) is 0. The molecule has 0 amide bonds. The SMILES string of the molecule is CC(C)c1ccc(-c2nc(-c3ccnc4ccccc34)nc3c2CC[C@@H]2[C@@H](C)C(=O)C(C#N)=C[C@@]32C)cc1. The zero-order valence-electron chi connectivity index (χ0n) is 22.2. The predicted molar refractivity (Wildman–Crippen MR) is 149 cm³/mol. The number of ketones is 1. The van der Waals surface area contributed by atoms with Gasteiger partial charge in [-0.1, -0.05) is 76.2 Å². The fourth-order valence-electron chi connectivity index (χ4n) is 6.45. The zero-order valence-corrected chi connectivity index (χ0v) is 22.2. The summed E-state index contributed by atoms with van der Waals surface area (Å²) >= 11 is 0. The molecule has 2 aromatic carbocycles. The van der Waals surface area contributed by atoms with Gasteiger partial charge < -0.3 is 0 Å². The van der Waals surface area contributed by atoms with Gasteiger partial charge in [0, 0.05) is 39.6 Å². The summed E-state index contributed by atoms with van der Waals surface area (Å²) in [6.07, 6.45) is 5.33. The van der Waals surface area contributed by atoms with Crippen molar-refractivity contribution in [3.05, 3.63) is 89.3 Å². The molecule has 188 valence electrons. The number of rotatable bonds is 3. The van der Waals surface area contributed by atoms with Crippen LogP contribution < -0.4 is 0 Å². The Labute approximate surface area is 223 Å². The molecule has 5 nitrogen and oxygen atoms in total. The third-order valence-corrected chi connectivity index (χ3v) is 8.58. The zero-order chi connectivity index (χ0) is 26.6. The molecule has 4 aromatic rings. The van der Waals surface area contributed by atoms with E-state index in [-0.39, 0.29) is 23.2 Å². The van der Waals surface area contributed by atoms with Crippen molar-refractivity contribution in [2.24, 2.45) is 11.8 Å². The number of hydrogen-bond acceptors (Lipinski definition) is 5. The normalized spacial score (nSPS) is 22.5. The van der Waals surface area contributed by atoms with Crippen LogP contribution in [0.2, 0.25) is 0 Å². The highest BCUT2D eigenvalue weighted by Crippen LogP contribution is 2.51. The van der Waals surface area contributed by atoms with E-state index in [1.165, 1.54) is 5.56 Å². The van der Waals surface area contributed by atoms with Crippen LogP contribution in [0.5, 0.6) is 0 Å². The first-order valence-corrected chi connectivity index (χ1v) is 13.3. The predicted octanol–water partition coefficient (Wildman–Crippen LogP) is 6.97. The minimum absolute atomic E-state index is 0.0580. The lowest BCUT2D eigenvalue weighted by molar-refractivity contribution is -0.121. The van der Waals surface area contributed by atoms with E-state index in [1.807, 2.05) is 37.3 Å². The van der Waals surface area contributed by atoms with Crippen LogP contribution in [-0.2, 0) is 16.6 Å². The maximum Gasteiger partial charge on any atom is 0.176 e. The quantitative estimate of drug-likeness (QED) is 0.305. The molecule has 2 aliphatic rings. The van der Waals surface area contributed by atoms with E-state index in [0.717, 1.165) is 51.8 Å². The Balaban J connectivity index is 1.65. The van der Waals surface area contributed by atoms with Gasteiger partial charge in [-0.05, 0) is 42.4 Å². The first-order valence-electron chi connectivity index (χ1n) is 13.3. The minimum atomic E-state index is -0.543. The van der Waals surface area contributed by atoms with Gasteiger partial charge in [-0.15, -0.1) is 0 Å². The topological polar surface area (TPSA) is 79.5 Å². The van der Waals surface area contributed by atoms with E-state index in [1.54, 1.807) is 6.20 Å². The van der Waals surface area contributed by atoms with Crippen molar-refractivity contribution >= 4 is 16.7 Å². The van der Waals surface area contributed by atoms with E-state index in [4.69, 9.17) is 9.97 Å². The van der Waals surface area contributed by atoms with Crippen LogP contribution >= 0.6 is 0 Å². The van der Waals surface area contributed by atoms with Gasteiger partial charge in [0.25, 0.3) is 0 Å². The number of nitrogens with zero attached hydrogens (tertiary/aromatic N) is 4. The summed E-state index contributed by atoms with van der Waals surface area (Å²) in [5, 5.41) is 10.8. The lowest BCUT2D eigenvalue weighted by Gasteiger charge is -2.45. The minimum Gasteiger partial charge on any atom is -0.293 e. The van der Waals surface area contributed by atoms with Crippen LogP contribution in [0.1, 0.15) is 56.9 Å². The van der Waals surface area contributed by atoms with Crippen LogP contribution in [0.4, 0.5) is 0 Å². The van der Waals surface area contributed by atoms with Crippen molar-refractivity contribution in [3.63, 3.8) is 0 Å². The fourth-order valence-corrected chi connectivity index (χ4v) is 6.45. The van der Waals surface area contributed by atoms with Crippen molar-refractivity contribution in [2.45, 2.75) is 51.9 Å². The third-order valence-electron chi connectivity index (χ3n) is 8.58. The second-order valence-corrected chi connectivity index (χ2v) is 11.1. The second-order valence-electron chi connectivity index (χ2n) is 11.1. The molecule has 0 fully saturated rings. The molecule has 0 unspecified atom stereocenters. The number of nitriles is 1. The van der Waals surface area contributed by atoms with E-state index in [9.17, 15) is 10.1 Å². The molecular formula is C33H30N4O. The van der Waals surface area contributed by atoms with Crippen LogP contribution in [0.25, 0.3) is 33.5 Å². The molecule has 0 spiro atoms. The molecule has 0 N–H and O–H groups in total. The number of aromatic nitrogens is 3. The Bertz CT molecular complexity index is 1660. The molecule has 0 saturated heterocycles. The number of Topliss-reactive ketones (excluding diaryl/α,β-unsaturated/α-hetero) is 1. The Morgan fingerprint density at radius 2 is 1.82 bits per heavy atom. The molecule has 38 heavy (non-hydrogen) atoms. The largest absolute Gasteiger partial charge is 0.293 e. The number of para-hydroxylation sites is 1. The van der Waals surface area contributed by atoms with Crippen molar-refractivity contribution < 1.29 is 4.79 Å². The summed E-state index contributed by atoms with van der Waals surface area (Å²) in [4.78, 5) is 27.9. The molecule has 5 heteroatoms. The number of fused-ring (bicyclic) bond motifs is 4.